The fourth-order valence-corrected chi connectivity index (χ4v) is 5.54. The number of alkyl halides is 9. The molecule has 1 aromatic carbocycles. The zero-order valence-electron chi connectivity index (χ0n) is 20.4. The Kier molecular flexibility index (Phi) is 8.84. The molecular weight excluding hydrogens is 515 g/mol. The van der Waals surface area contributed by atoms with E-state index in [9.17, 15) is 44.3 Å². The van der Waals surface area contributed by atoms with Gasteiger partial charge in [-0.25, -0.2) is 0 Å². The smallest absolute Gasteiger partial charge is 0.426 e. The maximum absolute atomic E-state index is 14.2. The van der Waals surface area contributed by atoms with Gasteiger partial charge in [-0.05, 0) is 80.9 Å². The van der Waals surface area contributed by atoms with Crippen LogP contribution in [0.3, 0.4) is 0 Å². The van der Waals surface area contributed by atoms with Crippen LogP contribution >= 0.6 is 0 Å². The Bertz CT molecular complexity index is 896. The summed E-state index contributed by atoms with van der Waals surface area (Å²) in [5, 5.41) is 0. The zero-order valence-corrected chi connectivity index (χ0v) is 20.4. The SMILES string of the molecule is CCC[C@H]1CC[C@H](c2ccc(OC(=O)[C@H]3CC[C@H](C(F)(F)C(F)(F)C(F)(F)C(F)(F)F)CC3)cc2)CC1. The van der Waals surface area contributed by atoms with Crippen LogP contribution in [0.2, 0.25) is 0 Å². The molecule has 0 saturated heterocycles. The lowest BCUT2D eigenvalue weighted by Crippen LogP contribution is -2.63. The Balaban J connectivity index is 1.54. The molecule has 0 bridgehead atoms. The maximum atomic E-state index is 14.2. The van der Waals surface area contributed by atoms with E-state index in [0.29, 0.717) is 5.92 Å². The molecule has 1 aromatic rings. The number of hydrogen-bond donors (Lipinski definition) is 0. The third-order valence-electron chi connectivity index (χ3n) is 7.86. The number of carbonyl (C=O) groups excluding carboxylic acids is 1. The molecule has 2 aliphatic rings. The highest BCUT2D eigenvalue weighted by atomic mass is 19.4. The normalized spacial score (nSPS) is 26.1. The second kappa shape index (κ2) is 11.0. The molecule has 0 heterocycles. The summed E-state index contributed by atoms with van der Waals surface area (Å²) in [4.78, 5) is 12.5. The van der Waals surface area contributed by atoms with Gasteiger partial charge in [0.1, 0.15) is 5.75 Å². The average Bonchev–Trinajstić information content (AvgIpc) is 2.84. The molecule has 2 nitrogen and oxygen atoms in total. The molecule has 2 saturated carbocycles. The number of benzene rings is 1. The number of ether oxygens (including phenoxy) is 1. The lowest BCUT2D eigenvalue weighted by molar-refractivity contribution is -0.404. The van der Waals surface area contributed by atoms with Gasteiger partial charge < -0.3 is 4.74 Å². The molecule has 0 N–H and O–H groups in total. The molecule has 3 rings (SSSR count). The van der Waals surface area contributed by atoms with E-state index >= 15 is 0 Å². The van der Waals surface area contributed by atoms with Crippen molar-refractivity contribution in [1.29, 1.82) is 0 Å². The number of carbonyl (C=O) groups is 1. The van der Waals surface area contributed by atoms with E-state index in [4.69, 9.17) is 4.74 Å². The molecule has 210 valence electrons. The first-order chi connectivity index (χ1) is 17.1. The highest BCUT2D eigenvalue weighted by molar-refractivity contribution is 5.75. The van der Waals surface area contributed by atoms with Crippen molar-refractivity contribution in [3.8, 4) is 5.75 Å². The molecule has 0 atom stereocenters. The topological polar surface area (TPSA) is 26.3 Å². The molecule has 0 spiro atoms. The van der Waals surface area contributed by atoms with E-state index in [1.807, 2.05) is 12.1 Å². The van der Waals surface area contributed by atoms with Crippen molar-refractivity contribution in [3.63, 3.8) is 0 Å². The quantitative estimate of drug-likeness (QED) is 0.185. The highest BCUT2D eigenvalue weighted by Crippen LogP contribution is 2.57. The van der Waals surface area contributed by atoms with Gasteiger partial charge in [-0.3, -0.25) is 4.79 Å². The van der Waals surface area contributed by atoms with Crippen LogP contribution < -0.4 is 4.74 Å². The average molecular weight is 547 g/mol. The fraction of sp³-hybridized carbons (Fsp3) is 0.731. The minimum absolute atomic E-state index is 0.220. The van der Waals surface area contributed by atoms with Gasteiger partial charge in [-0.2, -0.15) is 39.5 Å². The lowest BCUT2D eigenvalue weighted by Gasteiger charge is -2.39. The summed E-state index contributed by atoms with van der Waals surface area (Å²) in [7, 11) is 0. The predicted molar refractivity (Wildman–Crippen MR) is 118 cm³/mol. The van der Waals surface area contributed by atoms with Crippen LogP contribution in [0.25, 0.3) is 0 Å². The van der Waals surface area contributed by atoms with E-state index in [0.717, 1.165) is 37.2 Å². The van der Waals surface area contributed by atoms with E-state index in [1.54, 1.807) is 12.1 Å². The van der Waals surface area contributed by atoms with E-state index in [2.05, 4.69) is 6.92 Å². The van der Waals surface area contributed by atoms with Crippen molar-refractivity contribution >= 4 is 5.97 Å². The van der Waals surface area contributed by atoms with Crippen LogP contribution in [0.15, 0.2) is 24.3 Å². The molecule has 0 aromatic heterocycles. The molecule has 11 heteroatoms. The largest absolute Gasteiger partial charge is 0.460 e. The molecule has 0 aliphatic heterocycles. The van der Waals surface area contributed by atoms with Crippen molar-refractivity contribution in [3.05, 3.63) is 29.8 Å². The third-order valence-corrected chi connectivity index (χ3v) is 7.86. The summed E-state index contributed by atoms with van der Waals surface area (Å²) in [6.07, 6.45) is -2.41. The van der Waals surface area contributed by atoms with Crippen LogP contribution in [0.1, 0.15) is 82.6 Å². The lowest BCUT2D eigenvalue weighted by atomic mass is 9.76. The van der Waals surface area contributed by atoms with Gasteiger partial charge >= 0.3 is 29.9 Å². The van der Waals surface area contributed by atoms with Gasteiger partial charge in [-0.1, -0.05) is 31.9 Å². The van der Waals surface area contributed by atoms with Crippen LogP contribution in [0.5, 0.6) is 5.75 Å². The molecular formula is C26H31F9O2. The molecule has 0 amide bonds. The van der Waals surface area contributed by atoms with Crippen molar-refractivity contribution in [1.82, 2.24) is 0 Å². The summed E-state index contributed by atoms with van der Waals surface area (Å²) in [5.41, 5.74) is 1.12. The van der Waals surface area contributed by atoms with Gasteiger partial charge in [0.05, 0.1) is 5.92 Å². The minimum Gasteiger partial charge on any atom is -0.426 e. The zero-order chi connectivity index (χ0) is 27.6. The number of halogens is 9. The van der Waals surface area contributed by atoms with Gasteiger partial charge in [0.15, 0.2) is 0 Å². The minimum atomic E-state index is -6.90. The second-order valence-corrected chi connectivity index (χ2v) is 10.3. The summed E-state index contributed by atoms with van der Waals surface area (Å²) >= 11 is 0. The monoisotopic (exact) mass is 546 g/mol. The van der Waals surface area contributed by atoms with Crippen molar-refractivity contribution < 1.29 is 49.0 Å². The van der Waals surface area contributed by atoms with Gasteiger partial charge in [0.2, 0.25) is 0 Å². The Morgan fingerprint density at radius 1 is 0.784 bits per heavy atom. The Morgan fingerprint density at radius 3 is 1.81 bits per heavy atom. The first-order valence-corrected chi connectivity index (χ1v) is 12.6. The predicted octanol–water partition coefficient (Wildman–Crippen LogP) is 8.94. The van der Waals surface area contributed by atoms with Crippen LogP contribution in [-0.2, 0) is 4.79 Å². The van der Waals surface area contributed by atoms with Gasteiger partial charge in [0, 0.05) is 5.92 Å². The van der Waals surface area contributed by atoms with Gasteiger partial charge in [0.25, 0.3) is 0 Å². The first-order valence-electron chi connectivity index (χ1n) is 12.6. The standard InChI is InChI=1S/C26H31F9O2/c1-2-3-16-4-6-17(7-5-16)18-10-14-21(15-11-18)37-22(36)19-8-12-20(13-9-19)23(27,28)24(29,30)25(31,32)26(33,34)35/h10-11,14-17,19-20H,2-9,12-13H2,1H3/t16-,17-,19-,20-. The maximum Gasteiger partial charge on any atom is 0.460 e. The van der Waals surface area contributed by atoms with Crippen LogP contribution in [0, 0.1) is 17.8 Å². The summed E-state index contributed by atoms with van der Waals surface area (Å²) < 4.78 is 124. The Labute approximate surface area is 209 Å². The molecule has 0 unspecified atom stereocenters. The van der Waals surface area contributed by atoms with Gasteiger partial charge in [-0.15, -0.1) is 0 Å². The Morgan fingerprint density at radius 2 is 1.32 bits per heavy atom. The second-order valence-electron chi connectivity index (χ2n) is 10.3. The van der Waals surface area contributed by atoms with E-state index < -0.39 is 67.4 Å². The third kappa shape index (κ3) is 6.05. The molecule has 37 heavy (non-hydrogen) atoms. The fourth-order valence-electron chi connectivity index (χ4n) is 5.54. The Hall–Kier alpha value is -1.94. The van der Waals surface area contributed by atoms with Crippen molar-refractivity contribution in [2.45, 2.75) is 101 Å². The van der Waals surface area contributed by atoms with Crippen LogP contribution in [-0.4, -0.2) is 29.9 Å². The summed E-state index contributed by atoms with van der Waals surface area (Å²) in [5.74, 6) is -22.0. The molecule has 0 radical (unpaired) electrons. The number of esters is 1. The highest BCUT2D eigenvalue weighted by Gasteiger charge is 2.82. The summed E-state index contributed by atoms with van der Waals surface area (Å²) in [6, 6.07) is 6.94. The summed E-state index contributed by atoms with van der Waals surface area (Å²) in [6.45, 7) is 2.17. The molecule has 2 fully saturated rings. The van der Waals surface area contributed by atoms with Crippen molar-refractivity contribution in [2.24, 2.45) is 17.8 Å². The van der Waals surface area contributed by atoms with E-state index in [-0.39, 0.29) is 5.75 Å². The first kappa shape index (κ1) is 29.6. The van der Waals surface area contributed by atoms with E-state index in [1.165, 1.54) is 12.8 Å². The molecule has 2 aliphatic carbocycles. The number of hydrogen-bond acceptors (Lipinski definition) is 2. The van der Waals surface area contributed by atoms with Crippen LogP contribution in [0.4, 0.5) is 39.5 Å². The van der Waals surface area contributed by atoms with Crippen molar-refractivity contribution in [2.75, 3.05) is 0 Å². The number of rotatable bonds is 8.